The van der Waals surface area contributed by atoms with Gasteiger partial charge in [0, 0.05) is 18.8 Å². The lowest BCUT2D eigenvalue weighted by Crippen LogP contribution is -2.11. The van der Waals surface area contributed by atoms with Crippen molar-refractivity contribution in [3.63, 3.8) is 0 Å². The average molecular weight is 293 g/mol. The number of halogens is 1. The molecule has 0 radical (unpaired) electrons. The topological polar surface area (TPSA) is 27.1 Å². The van der Waals surface area contributed by atoms with Gasteiger partial charge in [-0.2, -0.15) is 0 Å². The summed E-state index contributed by atoms with van der Waals surface area (Å²) in [5.74, 6) is 3.33. The van der Waals surface area contributed by atoms with Crippen molar-refractivity contribution in [3.8, 4) is 5.75 Å². The zero-order valence-electron chi connectivity index (χ0n) is 11.9. The number of aromatic nitrogens is 2. The molecule has 2 aromatic rings. The summed E-state index contributed by atoms with van der Waals surface area (Å²) >= 11 is 5.94. The van der Waals surface area contributed by atoms with Gasteiger partial charge in [-0.15, -0.1) is 11.6 Å². The Labute approximate surface area is 124 Å². The number of methoxy groups -OCH3 is 1. The Morgan fingerprint density at radius 2 is 2.15 bits per heavy atom. The molecule has 0 spiro atoms. The van der Waals surface area contributed by atoms with E-state index in [4.69, 9.17) is 21.3 Å². The fourth-order valence-corrected chi connectivity index (χ4v) is 3.43. The zero-order chi connectivity index (χ0) is 13.9. The maximum Gasteiger partial charge on any atom is 0.146 e. The second-order valence-corrected chi connectivity index (χ2v) is 5.93. The van der Waals surface area contributed by atoms with Crippen LogP contribution in [0.1, 0.15) is 31.5 Å². The number of fused-ring (bicyclic) bond motifs is 1. The maximum atomic E-state index is 5.94. The number of ether oxygens (including phenoxy) is 1. The van der Waals surface area contributed by atoms with E-state index in [1.807, 2.05) is 12.1 Å². The molecule has 1 aliphatic carbocycles. The number of aryl methyl sites for hydroxylation is 1. The minimum atomic E-state index is 0.607. The van der Waals surface area contributed by atoms with Gasteiger partial charge in [-0.05, 0) is 30.9 Å². The minimum absolute atomic E-state index is 0.607. The van der Waals surface area contributed by atoms with Crippen molar-refractivity contribution in [1.82, 2.24) is 9.55 Å². The fourth-order valence-electron chi connectivity index (χ4n) is 3.26. The second kappa shape index (κ2) is 6.04. The molecule has 0 atom stereocenters. The fraction of sp³-hybridized carbons (Fsp3) is 0.562. The number of rotatable bonds is 5. The average Bonchev–Trinajstić information content (AvgIpc) is 3.08. The summed E-state index contributed by atoms with van der Waals surface area (Å²) < 4.78 is 7.79. The highest BCUT2D eigenvalue weighted by Gasteiger charge is 2.20. The molecule has 1 aromatic carbocycles. The van der Waals surface area contributed by atoms with Crippen LogP contribution in [0.4, 0.5) is 0 Å². The first-order valence-electron chi connectivity index (χ1n) is 7.41. The third-order valence-corrected chi connectivity index (χ3v) is 4.46. The molecule has 0 unspecified atom stereocenters. The van der Waals surface area contributed by atoms with Gasteiger partial charge in [0.25, 0.3) is 0 Å². The van der Waals surface area contributed by atoms with Crippen LogP contribution in [0.25, 0.3) is 11.0 Å². The van der Waals surface area contributed by atoms with Crippen LogP contribution in [0.3, 0.4) is 0 Å². The first-order valence-corrected chi connectivity index (χ1v) is 7.95. The Kier molecular flexibility index (Phi) is 4.16. The molecule has 0 N–H and O–H groups in total. The molecule has 1 fully saturated rings. The van der Waals surface area contributed by atoms with Gasteiger partial charge in [-0.25, -0.2) is 4.98 Å². The molecule has 20 heavy (non-hydrogen) atoms. The van der Waals surface area contributed by atoms with Crippen LogP contribution < -0.4 is 4.74 Å². The van der Waals surface area contributed by atoms with Gasteiger partial charge in [0.15, 0.2) is 0 Å². The number of para-hydroxylation sites is 1. The van der Waals surface area contributed by atoms with Gasteiger partial charge in [0.2, 0.25) is 0 Å². The summed E-state index contributed by atoms with van der Waals surface area (Å²) in [4.78, 5) is 4.77. The SMILES string of the molecule is COc1cccc2c1nc(CCCl)n2CC1CCCC1. The van der Waals surface area contributed by atoms with Crippen LogP contribution in [0.5, 0.6) is 5.75 Å². The first-order chi connectivity index (χ1) is 9.83. The Balaban J connectivity index is 2.03. The third kappa shape index (κ3) is 2.51. The molecule has 1 aromatic heterocycles. The number of imidazole rings is 1. The van der Waals surface area contributed by atoms with Gasteiger partial charge in [0.1, 0.15) is 17.1 Å². The first kappa shape index (κ1) is 13.7. The van der Waals surface area contributed by atoms with Crippen LogP contribution in [-0.4, -0.2) is 22.5 Å². The van der Waals surface area contributed by atoms with Gasteiger partial charge in [-0.1, -0.05) is 18.9 Å². The lowest BCUT2D eigenvalue weighted by Gasteiger charge is -2.14. The third-order valence-electron chi connectivity index (χ3n) is 4.27. The number of nitrogens with zero attached hydrogens (tertiary/aromatic N) is 2. The van der Waals surface area contributed by atoms with E-state index in [9.17, 15) is 0 Å². The normalized spacial score (nSPS) is 16.1. The van der Waals surface area contributed by atoms with Gasteiger partial charge in [-0.3, -0.25) is 0 Å². The zero-order valence-corrected chi connectivity index (χ0v) is 12.7. The van der Waals surface area contributed by atoms with E-state index in [1.165, 1.54) is 31.2 Å². The Bertz CT molecular complexity index is 587. The Hall–Kier alpha value is -1.22. The summed E-state index contributed by atoms with van der Waals surface area (Å²) in [6, 6.07) is 6.15. The van der Waals surface area contributed by atoms with E-state index in [0.717, 1.165) is 36.0 Å². The predicted octanol–water partition coefficient (Wildman–Crippen LogP) is 4.02. The van der Waals surface area contributed by atoms with E-state index in [-0.39, 0.29) is 0 Å². The van der Waals surface area contributed by atoms with Crippen molar-refractivity contribution in [3.05, 3.63) is 24.0 Å². The lowest BCUT2D eigenvalue weighted by atomic mass is 10.1. The molecule has 1 saturated carbocycles. The highest BCUT2D eigenvalue weighted by molar-refractivity contribution is 6.17. The quantitative estimate of drug-likeness (QED) is 0.778. The van der Waals surface area contributed by atoms with E-state index >= 15 is 0 Å². The number of hydrogen-bond acceptors (Lipinski definition) is 2. The molecular formula is C16H21ClN2O. The smallest absolute Gasteiger partial charge is 0.146 e. The van der Waals surface area contributed by atoms with Crippen molar-refractivity contribution < 1.29 is 4.74 Å². The molecule has 3 nitrogen and oxygen atoms in total. The summed E-state index contributed by atoms with van der Waals surface area (Å²) in [7, 11) is 1.70. The lowest BCUT2D eigenvalue weighted by molar-refractivity contribution is 0.419. The van der Waals surface area contributed by atoms with E-state index in [0.29, 0.717) is 5.88 Å². The Morgan fingerprint density at radius 3 is 2.85 bits per heavy atom. The molecule has 0 bridgehead atoms. The van der Waals surface area contributed by atoms with Crippen molar-refractivity contribution in [2.45, 2.75) is 38.6 Å². The van der Waals surface area contributed by atoms with Gasteiger partial charge >= 0.3 is 0 Å². The molecule has 3 rings (SSSR count). The predicted molar refractivity (Wildman–Crippen MR) is 82.7 cm³/mol. The molecule has 1 heterocycles. The maximum absolute atomic E-state index is 5.94. The van der Waals surface area contributed by atoms with Crippen molar-refractivity contribution in [1.29, 1.82) is 0 Å². The molecule has 108 valence electrons. The molecule has 0 saturated heterocycles. The molecule has 0 amide bonds. The highest BCUT2D eigenvalue weighted by atomic mass is 35.5. The van der Waals surface area contributed by atoms with Gasteiger partial charge < -0.3 is 9.30 Å². The van der Waals surface area contributed by atoms with E-state index < -0.39 is 0 Å². The summed E-state index contributed by atoms with van der Waals surface area (Å²) in [5, 5.41) is 0. The largest absolute Gasteiger partial charge is 0.494 e. The molecule has 4 heteroatoms. The van der Waals surface area contributed by atoms with E-state index in [2.05, 4.69) is 10.6 Å². The summed E-state index contributed by atoms with van der Waals surface area (Å²) in [6.45, 7) is 1.07. The van der Waals surface area contributed by atoms with Crippen LogP contribution in [-0.2, 0) is 13.0 Å². The van der Waals surface area contributed by atoms with Crippen molar-refractivity contribution in [2.75, 3.05) is 13.0 Å². The minimum Gasteiger partial charge on any atom is -0.494 e. The number of alkyl halides is 1. The second-order valence-electron chi connectivity index (χ2n) is 5.56. The van der Waals surface area contributed by atoms with Crippen molar-refractivity contribution in [2.24, 2.45) is 5.92 Å². The molecule has 1 aliphatic rings. The van der Waals surface area contributed by atoms with Crippen molar-refractivity contribution >= 4 is 22.6 Å². The van der Waals surface area contributed by atoms with E-state index in [1.54, 1.807) is 7.11 Å². The standard InChI is InChI=1S/C16H21ClN2O/c1-20-14-8-4-7-13-16(14)18-15(9-10-17)19(13)11-12-5-2-3-6-12/h4,7-8,12H,2-3,5-6,9-11H2,1H3. The number of hydrogen-bond donors (Lipinski definition) is 0. The van der Waals surface area contributed by atoms with Crippen LogP contribution in [0.2, 0.25) is 0 Å². The van der Waals surface area contributed by atoms with Gasteiger partial charge in [0.05, 0.1) is 12.6 Å². The number of benzene rings is 1. The highest BCUT2D eigenvalue weighted by Crippen LogP contribution is 2.31. The Morgan fingerprint density at radius 1 is 1.35 bits per heavy atom. The van der Waals surface area contributed by atoms with Crippen LogP contribution in [0, 0.1) is 5.92 Å². The molecular weight excluding hydrogens is 272 g/mol. The summed E-state index contributed by atoms with van der Waals surface area (Å²) in [5.41, 5.74) is 2.14. The van der Waals surface area contributed by atoms with Crippen LogP contribution >= 0.6 is 11.6 Å². The van der Waals surface area contributed by atoms with Crippen LogP contribution in [0.15, 0.2) is 18.2 Å². The molecule has 0 aliphatic heterocycles. The monoisotopic (exact) mass is 292 g/mol. The summed E-state index contributed by atoms with van der Waals surface area (Å²) in [6.07, 6.45) is 6.22.